The van der Waals surface area contributed by atoms with Gasteiger partial charge in [0.15, 0.2) is 11.6 Å². The number of nitrogens with zero attached hydrogens (tertiary/aromatic N) is 3. The molecule has 0 unspecified atom stereocenters. The van der Waals surface area contributed by atoms with Crippen LogP contribution in [0.2, 0.25) is 0 Å². The van der Waals surface area contributed by atoms with Crippen molar-refractivity contribution in [2.45, 2.75) is 44.0 Å². The SMILES string of the molecule is C[C@H](Nc1ccc(S(=O)(=O)N[C@H](C)c2ccc(F)c(Br)c2)cc1F)c1nnc2n1CCOC2. The fourth-order valence-corrected chi connectivity index (χ4v) is 5.21. The van der Waals surface area contributed by atoms with E-state index in [2.05, 4.69) is 36.2 Å². The van der Waals surface area contributed by atoms with Crippen LogP contribution in [0.15, 0.2) is 45.8 Å². The van der Waals surface area contributed by atoms with Crippen LogP contribution >= 0.6 is 15.9 Å². The average molecular weight is 542 g/mol. The maximum Gasteiger partial charge on any atom is 0.241 e. The molecule has 176 valence electrons. The highest BCUT2D eigenvalue weighted by molar-refractivity contribution is 9.10. The van der Waals surface area contributed by atoms with Gasteiger partial charge in [0.2, 0.25) is 10.0 Å². The predicted molar refractivity (Wildman–Crippen MR) is 121 cm³/mol. The highest BCUT2D eigenvalue weighted by atomic mass is 79.9. The summed E-state index contributed by atoms with van der Waals surface area (Å²) in [5.74, 6) is 0.183. The van der Waals surface area contributed by atoms with Crippen molar-refractivity contribution in [3.63, 3.8) is 0 Å². The van der Waals surface area contributed by atoms with Crippen molar-refractivity contribution in [2.75, 3.05) is 11.9 Å². The summed E-state index contributed by atoms with van der Waals surface area (Å²) in [6, 6.07) is 6.84. The summed E-state index contributed by atoms with van der Waals surface area (Å²) in [6.07, 6.45) is 0. The van der Waals surface area contributed by atoms with Crippen molar-refractivity contribution in [1.82, 2.24) is 19.5 Å². The Morgan fingerprint density at radius 2 is 1.88 bits per heavy atom. The predicted octanol–water partition coefficient (Wildman–Crippen LogP) is 4.06. The second-order valence-electron chi connectivity index (χ2n) is 7.70. The Balaban J connectivity index is 1.49. The van der Waals surface area contributed by atoms with Crippen LogP contribution in [0, 0.1) is 11.6 Å². The Bertz CT molecular complexity index is 1280. The number of aromatic nitrogens is 3. The van der Waals surface area contributed by atoms with E-state index in [1.807, 2.05) is 11.5 Å². The third-order valence-corrected chi connectivity index (χ3v) is 7.48. The van der Waals surface area contributed by atoms with Gasteiger partial charge in [-0.3, -0.25) is 0 Å². The van der Waals surface area contributed by atoms with Crippen molar-refractivity contribution < 1.29 is 21.9 Å². The van der Waals surface area contributed by atoms with Crippen LogP contribution in [0.25, 0.3) is 0 Å². The van der Waals surface area contributed by atoms with Gasteiger partial charge in [0.25, 0.3) is 0 Å². The molecule has 0 radical (unpaired) electrons. The maximum absolute atomic E-state index is 14.8. The molecule has 2 N–H and O–H groups in total. The van der Waals surface area contributed by atoms with Crippen molar-refractivity contribution in [1.29, 1.82) is 0 Å². The number of hydrogen-bond donors (Lipinski definition) is 2. The summed E-state index contributed by atoms with van der Waals surface area (Å²) in [4.78, 5) is -0.219. The second kappa shape index (κ2) is 9.45. The number of sulfonamides is 1. The van der Waals surface area contributed by atoms with Gasteiger partial charge in [-0.1, -0.05) is 6.07 Å². The normalized spacial score (nSPS) is 15.7. The molecule has 2 heterocycles. The molecule has 1 aliphatic heterocycles. The molecule has 3 aromatic rings. The van der Waals surface area contributed by atoms with E-state index in [0.717, 1.165) is 6.07 Å². The van der Waals surface area contributed by atoms with Gasteiger partial charge in [0, 0.05) is 12.6 Å². The first-order valence-electron chi connectivity index (χ1n) is 10.2. The first kappa shape index (κ1) is 23.7. The zero-order chi connectivity index (χ0) is 23.8. The number of anilines is 1. The van der Waals surface area contributed by atoms with Gasteiger partial charge in [-0.15, -0.1) is 10.2 Å². The van der Waals surface area contributed by atoms with E-state index in [0.29, 0.717) is 37.0 Å². The molecule has 0 saturated carbocycles. The lowest BCUT2D eigenvalue weighted by Crippen LogP contribution is -2.27. The van der Waals surface area contributed by atoms with Gasteiger partial charge < -0.3 is 14.6 Å². The highest BCUT2D eigenvalue weighted by Crippen LogP contribution is 2.26. The third-order valence-electron chi connectivity index (χ3n) is 5.33. The van der Waals surface area contributed by atoms with E-state index in [9.17, 15) is 17.2 Å². The van der Waals surface area contributed by atoms with E-state index in [-0.39, 0.29) is 21.1 Å². The van der Waals surface area contributed by atoms with Gasteiger partial charge in [-0.05, 0) is 65.7 Å². The van der Waals surface area contributed by atoms with Gasteiger partial charge in [-0.25, -0.2) is 21.9 Å². The lowest BCUT2D eigenvalue weighted by molar-refractivity contribution is 0.0804. The van der Waals surface area contributed by atoms with Crippen LogP contribution < -0.4 is 10.0 Å². The molecule has 0 aliphatic carbocycles. The van der Waals surface area contributed by atoms with E-state index < -0.39 is 27.7 Å². The van der Waals surface area contributed by atoms with Crippen LogP contribution in [0.4, 0.5) is 14.5 Å². The fourth-order valence-electron chi connectivity index (χ4n) is 3.57. The minimum atomic E-state index is -4.02. The van der Waals surface area contributed by atoms with E-state index >= 15 is 0 Å². The van der Waals surface area contributed by atoms with Crippen molar-refractivity contribution >= 4 is 31.6 Å². The number of nitrogens with one attached hydrogen (secondary N) is 2. The number of halogens is 3. The van der Waals surface area contributed by atoms with Gasteiger partial charge >= 0.3 is 0 Å². The van der Waals surface area contributed by atoms with Crippen LogP contribution in [0.1, 0.15) is 43.1 Å². The first-order chi connectivity index (χ1) is 15.7. The smallest absolute Gasteiger partial charge is 0.241 e. The largest absolute Gasteiger partial charge is 0.373 e. The van der Waals surface area contributed by atoms with Crippen molar-refractivity contribution in [3.8, 4) is 0 Å². The van der Waals surface area contributed by atoms with E-state index in [4.69, 9.17) is 4.74 Å². The minimum Gasteiger partial charge on any atom is -0.373 e. The van der Waals surface area contributed by atoms with Crippen molar-refractivity contribution in [3.05, 3.63) is 69.7 Å². The number of rotatable bonds is 7. The molecule has 8 nitrogen and oxygen atoms in total. The van der Waals surface area contributed by atoms with E-state index in [1.54, 1.807) is 6.92 Å². The standard InChI is InChI=1S/C21H22BrF2N5O3S/c1-12(14-3-5-17(23)16(22)9-14)28-33(30,31)15-4-6-19(18(24)10-15)25-13(2)21-27-26-20-11-32-8-7-29(20)21/h3-6,9-10,12-13,25,28H,7-8,11H2,1-2H3/t12-,13+/m1/s1. The van der Waals surface area contributed by atoms with Crippen LogP contribution in [0.5, 0.6) is 0 Å². The Morgan fingerprint density at radius 1 is 1.09 bits per heavy atom. The molecule has 0 spiro atoms. The van der Waals surface area contributed by atoms with Gasteiger partial charge in [0.1, 0.15) is 18.2 Å². The molecule has 2 atom stereocenters. The monoisotopic (exact) mass is 541 g/mol. The number of ether oxygens (including phenoxy) is 1. The van der Waals surface area contributed by atoms with E-state index in [1.165, 1.54) is 30.3 Å². The zero-order valence-electron chi connectivity index (χ0n) is 17.8. The molecular weight excluding hydrogens is 520 g/mol. The van der Waals surface area contributed by atoms with Crippen LogP contribution in [-0.4, -0.2) is 29.8 Å². The van der Waals surface area contributed by atoms with Crippen LogP contribution in [-0.2, 0) is 27.9 Å². The third kappa shape index (κ3) is 5.08. The summed E-state index contributed by atoms with van der Waals surface area (Å²) in [7, 11) is -4.02. The molecule has 0 bridgehead atoms. The Hall–Kier alpha value is -2.41. The van der Waals surface area contributed by atoms with Gasteiger partial charge in [0.05, 0.1) is 27.7 Å². The minimum absolute atomic E-state index is 0.140. The Labute approximate surface area is 198 Å². The molecule has 2 aromatic carbocycles. The maximum atomic E-state index is 14.8. The zero-order valence-corrected chi connectivity index (χ0v) is 20.3. The van der Waals surface area contributed by atoms with Gasteiger partial charge in [-0.2, -0.15) is 0 Å². The summed E-state index contributed by atoms with van der Waals surface area (Å²) in [6.45, 7) is 4.97. The van der Waals surface area contributed by atoms with Crippen LogP contribution in [0.3, 0.4) is 0 Å². The summed E-state index contributed by atoms with van der Waals surface area (Å²) >= 11 is 3.09. The molecule has 0 amide bonds. The molecule has 12 heteroatoms. The number of benzene rings is 2. The summed E-state index contributed by atoms with van der Waals surface area (Å²) < 4.78 is 63.8. The molecule has 33 heavy (non-hydrogen) atoms. The molecular formula is C21H22BrF2N5O3S. The lowest BCUT2D eigenvalue weighted by atomic mass is 10.1. The highest BCUT2D eigenvalue weighted by Gasteiger charge is 2.23. The molecule has 4 rings (SSSR count). The molecule has 1 aliphatic rings. The average Bonchev–Trinajstić information content (AvgIpc) is 3.21. The number of hydrogen-bond acceptors (Lipinski definition) is 6. The summed E-state index contributed by atoms with van der Waals surface area (Å²) in [5, 5.41) is 11.3. The molecule has 0 saturated heterocycles. The lowest BCUT2D eigenvalue weighted by Gasteiger charge is -2.20. The molecule has 0 fully saturated rings. The van der Waals surface area contributed by atoms with Crippen molar-refractivity contribution in [2.24, 2.45) is 0 Å². The fraction of sp³-hybridized carbons (Fsp3) is 0.333. The second-order valence-corrected chi connectivity index (χ2v) is 10.3. The quantitative estimate of drug-likeness (QED) is 0.468. The Kier molecular flexibility index (Phi) is 6.80. The molecule has 1 aromatic heterocycles. The first-order valence-corrected chi connectivity index (χ1v) is 12.5. The summed E-state index contributed by atoms with van der Waals surface area (Å²) in [5.41, 5.74) is 0.697. The number of fused-ring (bicyclic) bond motifs is 1. The topological polar surface area (TPSA) is 98.1 Å². The Morgan fingerprint density at radius 3 is 2.61 bits per heavy atom.